The Morgan fingerprint density at radius 3 is 2.38 bits per heavy atom. The highest BCUT2D eigenvalue weighted by Crippen LogP contribution is 2.34. The van der Waals surface area contributed by atoms with E-state index in [0.29, 0.717) is 11.1 Å². The van der Waals surface area contributed by atoms with Gasteiger partial charge in [-0.1, -0.05) is 30.3 Å². The molecule has 0 atom stereocenters. The molecule has 0 saturated carbocycles. The summed E-state index contributed by atoms with van der Waals surface area (Å²) < 4.78 is 5.25. The van der Waals surface area contributed by atoms with Crippen LogP contribution in [0.15, 0.2) is 30.3 Å². The van der Waals surface area contributed by atoms with E-state index in [-0.39, 0.29) is 36.0 Å². The van der Waals surface area contributed by atoms with Crippen molar-refractivity contribution in [2.24, 2.45) is 0 Å². The number of rotatable bonds is 4. The Bertz CT molecular complexity index is 730. The molecular weight excluding hydrogens is 268 g/mol. The van der Waals surface area contributed by atoms with E-state index in [1.165, 1.54) is 0 Å². The Kier molecular flexibility index (Phi) is 4.35. The molecule has 1 aromatic heterocycles. The Morgan fingerprint density at radius 1 is 1.14 bits per heavy atom. The Balaban J connectivity index is 2.74. The Hall–Kier alpha value is -3.09. The fourth-order valence-corrected chi connectivity index (χ4v) is 1.94. The van der Waals surface area contributed by atoms with Gasteiger partial charge in [-0.15, -0.1) is 0 Å². The number of nitrogens with two attached hydrogens (primary N) is 1. The van der Waals surface area contributed by atoms with Crippen molar-refractivity contribution in [1.82, 2.24) is 4.98 Å². The van der Waals surface area contributed by atoms with Crippen molar-refractivity contribution in [3.05, 3.63) is 41.5 Å². The second-order valence-corrected chi connectivity index (χ2v) is 4.09. The summed E-state index contributed by atoms with van der Waals surface area (Å²) in [6.07, 6.45) is 0. The lowest BCUT2D eigenvalue weighted by Gasteiger charge is -2.13. The van der Waals surface area contributed by atoms with Gasteiger partial charge in [0.1, 0.15) is 35.7 Å². The molecule has 0 aliphatic rings. The molecule has 0 radical (unpaired) electrons. The van der Waals surface area contributed by atoms with E-state index in [2.05, 4.69) is 4.98 Å². The van der Waals surface area contributed by atoms with Crippen LogP contribution in [0.5, 0.6) is 5.88 Å². The van der Waals surface area contributed by atoms with Gasteiger partial charge < -0.3 is 15.6 Å². The molecule has 6 nitrogen and oxygen atoms in total. The zero-order chi connectivity index (χ0) is 15.2. The second kappa shape index (κ2) is 6.38. The quantitative estimate of drug-likeness (QED) is 0.875. The Morgan fingerprint density at radius 2 is 1.81 bits per heavy atom. The highest BCUT2D eigenvalue weighted by atomic mass is 16.5. The predicted octanol–water partition coefficient (Wildman–Crippen LogP) is 1.45. The topological polar surface area (TPSA) is 116 Å². The van der Waals surface area contributed by atoms with E-state index in [1.54, 1.807) is 24.3 Å². The lowest BCUT2D eigenvalue weighted by Crippen LogP contribution is -2.09. The van der Waals surface area contributed by atoms with Crippen molar-refractivity contribution < 1.29 is 9.84 Å². The number of nitriles is 2. The number of pyridine rings is 1. The molecule has 0 unspecified atom stereocenters. The first-order valence-corrected chi connectivity index (χ1v) is 6.15. The number of nitrogens with zero attached hydrogens (tertiary/aromatic N) is 3. The number of hydrogen-bond acceptors (Lipinski definition) is 6. The van der Waals surface area contributed by atoms with E-state index >= 15 is 0 Å². The second-order valence-electron chi connectivity index (χ2n) is 4.09. The lowest BCUT2D eigenvalue weighted by atomic mass is 9.96. The molecule has 2 aromatic rings. The molecule has 3 N–H and O–H groups in total. The van der Waals surface area contributed by atoms with Gasteiger partial charge in [0.05, 0.1) is 6.61 Å². The van der Waals surface area contributed by atoms with Crippen molar-refractivity contribution >= 4 is 5.82 Å². The van der Waals surface area contributed by atoms with Gasteiger partial charge in [0.15, 0.2) is 0 Å². The van der Waals surface area contributed by atoms with Gasteiger partial charge in [-0.05, 0) is 5.56 Å². The number of benzene rings is 1. The van der Waals surface area contributed by atoms with E-state index in [0.717, 1.165) is 0 Å². The first-order chi connectivity index (χ1) is 10.2. The first-order valence-electron chi connectivity index (χ1n) is 6.15. The summed E-state index contributed by atoms with van der Waals surface area (Å²) in [5.41, 5.74) is 7.10. The maximum absolute atomic E-state index is 9.39. The van der Waals surface area contributed by atoms with Crippen molar-refractivity contribution in [2.45, 2.75) is 0 Å². The fraction of sp³-hybridized carbons (Fsp3) is 0.133. The molecule has 0 bridgehead atoms. The van der Waals surface area contributed by atoms with Gasteiger partial charge in [0, 0.05) is 5.56 Å². The average Bonchev–Trinajstić information content (AvgIpc) is 2.52. The molecule has 2 rings (SSSR count). The van der Waals surface area contributed by atoms with Crippen molar-refractivity contribution in [3.63, 3.8) is 0 Å². The average molecular weight is 280 g/mol. The highest BCUT2D eigenvalue weighted by Gasteiger charge is 2.20. The number of ether oxygens (including phenoxy) is 1. The van der Waals surface area contributed by atoms with Crippen LogP contribution in [0.1, 0.15) is 11.1 Å². The number of anilines is 1. The van der Waals surface area contributed by atoms with Crippen LogP contribution in [0.3, 0.4) is 0 Å². The van der Waals surface area contributed by atoms with Crippen molar-refractivity contribution in [3.8, 4) is 29.1 Å². The van der Waals surface area contributed by atoms with E-state index in [1.807, 2.05) is 18.2 Å². The molecule has 0 spiro atoms. The monoisotopic (exact) mass is 280 g/mol. The summed E-state index contributed by atoms with van der Waals surface area (Å²) in [7, 11) is 0. The minimum absolute atomic E-state index is 0.0108. The normalized spacial score (nSPS) is 9.67. The van der Waals surface area contributed by atoms with Crippen LogP contribution in [0.2, 0.25) is 0 Å². The standard InChI is InChI=1S/C15H12N4O2/c16-8-11-13(10-4-2-1-3-5-10)12(9-17)15(19-14(11)18)21-7-6-20/h1-5,20H,6-7H2,(H2,18,19). The lowest BCUT2D eigenvalue weighted by molar-refractivity contribution is 0.196. The maximum Gasteiger partial charge on any atom is 0.234 e. The van der Waals surface area contributed by atoms with Gasteiger partial charge in [-0.3, -0.25) is 0 Å². The summed E-state index contributed by atoms with van der Waals surface area (Å²) in [6.45, 7) is -0.228. The van der Waals surface area contributed by atoms with E-state index in [4.69, 9.17) is 15.6 Å². The van der Waals surface area contributed by atoms with Crippen LogP contribution in [0, 0.1) is 22.7 Å². The number of hydrogen-bond donors (Lipinski definition) is 2. The van der Waals surface area contributed by atoms with Gasteiger partial charge in [-0.2, -0.15) is 15.5 Å². The minimum Gasteiger partial charge on any atom is -0.474 e. The summed E-state index contributed by atoms with van der Waals surface area (Å²) >= 11 is 0. The van der Waals surface area contributed by atoms with Crippen molar-refractivity contribution in [2.75, 3.05) is 18.9 Å². The predicted molar refractivity (Wildman–Crippen MR) is 76.1 cm³/mol. The zero-order valence-corrected chi connectivity index (χ0v) is 11.1. The number of nitrogen functional groups attached to an aromatic ring is 1. The maximum atomic E-state index is 9.39. The Labute approximate surface area is 121 Å². The summed E-state index contributed by atoms with van der Waals surface area (Å²) in [6, 6.07) is 12.9. The highest BCUT2D eigenvalue weighted by molar-refractivity contribution is 5.82. The number of aromatic nitrogens is 1. The first kappa shape index (κ1) is 14.3. The van der Waals surface area contributed by atoms with Crippen LogP contribution >= 0.6 is 0 Å². The molecule has 1 aromatic carbocycles. The third-order valence-corrected chi connectivity index (χ3v) is 2.81. The van der Waals surface area contributed by atoms with Crippen LogP contribution in [0.25, 0.3) is 11.1 Å². The number of aliphatic hydroxyl groups is 1. The molecular formula is C15H12N4O2. The third kappa shape index (κ3) is 2.76. The largest absolute Gasteiger partial charge is 0.474 e. The molecule has 0 amide bonds. The summed E-state index contributed by atoms with van der Waals surface area (Å²) in [5.74, 6) is 0.00481. The van der Waals surface area contributed by atoms with Crippen LogP contribution in [-0.4, -0.2) is 23.3 Å². The van der Waals surface area contributed by atoms with Crippen LogP contribution in [-0.2, 0) is 0 Å². The molecule has 104 valence electrons. The van der Waals surface area contributed by atoms with Gasteiger partial charge in [0.25, 0.3) is 0 Å². The number of aliphatic hydroxyl groups excluding tert-OH is 1. The molecule has 0 saturated heterocycles. The fourth-order valence-electron chi connectivity index (χ4n) is 1.94. The molecule has 0 fully saturated rings. The molecule has 0 aliphatic carbocycles. The van der Waals surface area contributed by atoms with Gasteiger partial charge in [0.2, 0.25) is 5.88 Å². The zero-order valence-electron chi connectivity index (χ0n) is 11.1. The summed E-state index contributed by atoms with van der Waals surface area (Å²) in [5, 5.41) is 27.5. The molecule has 1 heterocycles. The molecule has 0 aliphatic heterocycles. The molecule has 6 heteroatoms. The third-order valence-electron chi connectivity index (χ3n) is 2.81. The molecule has 21 heavy (non-hydrogen) atoms. The van der Waals surface area contributed by atoms with Crippen LogP contribution < -0.4 is 10.5 Å². The van der Waals surface area contributed by atoms with Gasteiger partial charge in [-0.25, -0.2) is 0 Å². The van der Waals surface area contributed by atoms with E-state index < -0.39 is 0 Å². The smallest absolute Gasteiger partial charge is 0.234 e. The van der Waals surface area contributed by atoms with Crippen LogP contribution in [0.4, 0.5) is 5.82 Å². The van der Waals surface area contributed by atoms with E-state index in [9.17, 15) is 10.5 Å². The van der Waals surface area contributed by atoms with Gasteiger partial charge >= 0.3 is 0 Å². The van der Waals surface area contributed by atoms with Crippen molar-refractivity contribution in [1.29, 1.82) is 10.5 Å². The minimum atomic E-state index is -0.215. The summed E-state index contributed by atoms with van der Waals surface area (Å²) in [4.78, 5) is 3.94. The SMILES string of the molecule is N#Cc1c(N)nc(OCCO)c(C#N)c1-c1ccccc1.